The quantitative estimate of drug-likeness (QED) is 0.801. The van der Waals surface area contributed by atoms with Crippen molar-refractivity contribution in [1.29, 1.82) is 0 Å². The highest BCUT2D eigenvalue weighted by Gasteiger charge is 2.41. The molecule has 3 heterocycles. The molecule has 3 atom stereocenters. The average molecular weight is 382 g/mol. The molecule has 0 radical (unpaired) electrons. The smallest absolute Gasteiger partial charge is 0.239 e. The number of nitrogens with one attached hydrogen (secondary N) is 1. The van der Waals surface area contributed by atoms with Crippen LogP contribution in [0.15, 0.2) is 18.2 Å². The Balaban J connectivity index is 1.47. The molecular weight excluding hydrogens is 361 g/mol. The zero-order valence-electron chi connectivity index (χ0n) is 13.9. The molecule has 25 heavy (non-hydrogen) atoms. The molecule has 5 nitrogen and oxygen atoms in total. The van der Waals surface area contributed by atoms with E-state index in [9.17, 15) is 9.59 Å². The SMILES string of the molecule is O=C(C1CCN(c2ccc(Cl)c(Cl)c2)C1=O)N1CCC2CCC(C1)N2. The first-order valence-electron chi connectivity index (χ1n) is 8.84. The summed E-state index contributed by atoms with van der Waals surface area (Å²) in [6.45, 7) is 1.99. The summed E-state index contributed by atoms with van der Waals surface area (Å²) >= 11 is 12.0. The van der Waals surface area contributed by atoms with Gasteiger partial charge in [-0.1, -0.05) is 23.2 Å². The Bertz CT molecular complexity index is 712. The number of hydrogen-bond donors (Lipinski definition) is 1. The Morgan fingerprint density at radius 3 is 2.64 bits per heavy atom. The number of likely N-dealkylation sites (tertiary alicyclic amines) is 1. The van der Waals surface area contributed by atoms with Crippen molar-refractivity contribution in [2.75, 3.05) is 24.5 Å². The summed E-state index contributed by atoms with van der Waals surface area (Å²) in [5, 5.41) is 4.44. The van der Waals surface area contributed by atoms with E-state index < -0.39 is 5.92 Å². The van der Waals surface area contributed by atoms with Crippen molar-refractivity contribution < 1.29 is 9.59 Å². The minimum atomic E-state index is -0.578. The van der Waals surface area contributed by atoms with Crippen LogP contribution in [-0.2, 0) is 9.59 Å². The van der Waals surface area contributed by atoms with Crippen molar-refractivity contribution in [3.63, 3.8) is 0 Å². The summed E-state index contributed by atoms with van der Waals surface area (Å²) in [5.41, 5.74) is 0.700. The van der Waals surface area contributed by atoms with Gasteiger partial charge in [-0.25, -0.2) is 0 Å². The fourth-order valence-corrected chi connectivity index (χ4v) is 4.47. The highest BCUT2D eigenvalue weighted by atomic mass is 35.5. The summed E-state index contributed by atoms with van der Waals surface area (Å²) in [6.07, 6.45) is 3.83. The number of fused-ring (bicyclic) bond motifs is 2. The van der Waals surface area contributed by atoms with E-state index in [1.165, 1.54) is 6.42 Å². The number of nitrogens with zero attached hydrogens (tertiary/aromatic N) is 2. The number of rotatable bonds is 2. The maximum Gasteiger partial charge on any atom is 0.239 e. The molecule has 0 spiro atoms. The molecule has 1 N–H and O–H groups in total. The molecule has 3 unspecified atom stereocenters. The molecule has 3 aliphatic rings. The summed E-state index contributed by atoms with van der Waals surface area (Å²) in [4.78, 5) is 29.3. The van der Waals surface area contributed by atoms with E-state index in [1.807, 2.05) is 4.90 Å². The van der Waals surface area contributed by atoms with Crippen molar-refractivity contribution in [2.24, 2.45) is 5.92 Å². The number of anilines is 1. The van der Waals surface area contributed by atoms with E-state index >= 15 is 0 Å². The van der Waals surface area contributed by atoms with Crippen LogP contribution >= 0.6 is 23.2 Å². The van der Waals surface area contributed by atoms with Gasteiger partial charge in [0.25, 0.3) is 0 Å². The Labute approximate surface area is 157 Å². The van der Waals surface area contributed by atoms with Crippen molar-refractivity contribution in [3.8, 4) is 0 Å². The lowest BCUT2D eigenvalue weighted by molar-refractivity contribution is -0.140. The highest BCUT2D eigenvalue weighted by molar-refractivity contribution is 6.42. The second kappa shape index (κ2) is 6.78. The van der Waals surface area contributed by atoms with Gasteiger partial charge in [0.1, 0.15) is 5.92 Å². The molecule has 1 aromatic carbocycles. The summed E-state index contributed by atoms with van der Waals surface area (Å²) < 4.78 is 0. The Morgan fingerprint density at radius 1 is 1.04 bits per heavy atom. The van der Waals surface area contributed by atoms with Crippen LogP contribution in [-0.4, -0.2) is 48.4 Å². The Morgan fingerprint density at radius 2 is 1.84 bits per heavy atom. The topological polar surface area (TPSA) is 52.7 Å². The van der Waals surface area contributed by atoms with Crippen LogP contribution in [0.3, 0.4) is 0 Å². The fraction of sp³-hybridized carbons (Fsp3) is 0.556. The number of amides is 2. The minimum absolute atomic E-state index is 0.0260. The van der Waals surface area contributed by atoms with Crippen LogP contribution in [0.5, 0.6) is 0 Å². The van der Waals surface area contributed by atoms with Gasteiger partial charge in [-0.3, -0.25) is 9.59 Å². The van der Waals surface area contributed by atoms with Gasteiger partial charge in [0, 0.05) is 37.4 Å². The van der Waals surface area contributed by atoms with Gasteiger partial charge in [-0.15, -0.1) is 0 Å². The van der Waals surface area contributed by atoms with Crippen LogP contribution in [0.25, 0.3) is 0 Å². The average Bonchev–Trinajstić information content (AvgIpc) is 3.12. The molecule has 0 aliphatic carbocycles. The first-order chi connectivity index (χ1) is 12.0. The van der Waals surface area contributed by atoms with Crippen LogP contribution in [0, 0.1) is 5.92 Å². The van der Waals surface area contributed by atoms with E-state index in [2.05, 4.69) is 5.32 Å². The number of hydrogen-bond acceptors (Lipinski definition) is 3. The number of halogens is 2. The van der Waals surface area contributed by atoms with Crippen molar-refractivity contribution in [2.45, 2.75) is 37.8 Å². The molecule has 4 rings (SSSR count). The molecule has 2 bridgehead atoms. The van der Waals surface area contributed by atoms with Crippen LogP contribution in [0.1, 0.15) is 25.7 Å². The predicted octanol–water partition coefficient (Wildman–Crippen LogP) is 2.70. The lowest BCUT2D eigenvalue weighted by atomic mass is 10.0. The standard InChI is InChI=1S/C18H21Cl2N3O2/c19-15-4-3-13(9-16(15)20)23-8-6-14(18(23)25)17(24)22-7-5-11-1-2-12(10-22)21-11/h3-4,9,11-12,14,21H,1-2,5-8,10H2. The van der Waals surface area contributed by atoms with Crippen LogP contribution in [0.4, 0.5) is 5.69 Å². The van der Waals surface area contributed by atoms with Crippen molar-refractivity contribution in [1.82, 2.24) is 10.2 Å². The van der Waals surface area contributed by atoms with Gasteiger partial charge in [-0.05, 0) is 43.9 Å². The Hall–Kier alpha value is -1.30. The number of benzene rings is 1. The molecule has 0 saturated carbocycles. The van der Waals surface area contributed by atoms with Gasteiger partial charge >= 0.3 is 0 Å². The zero-order valence-corrected chi connectivity index (χ0v) is 15.4. The zero-order chi connectivity index (χ0) is 17.6. The molecule has 0 aromatic heterocycles. The Kier molecular flexibility index (Phi) is 4.65. The molecule has 1 aromatic rings. The molecule has 3 fully saturated rings. The van der Waals surface area contributed by atoms with E-state index in [4.69, 9.17) is 23.2 Å². The minimum Gasteiger partial charge on any atom is -0.340 e. The van der Waals surface area contributed by atoms with E-state index in [0.29, 0.717) is 47.3 Å². The summed E-state index contributed by atoms with van der Waals surface area (Å²) in [7, 11) is 0. The second-order valence-corrected chi connectivity index (χ2v) is 7.95. The van der Waals surface area contributed by atoms with Crippen LogP contribution < -0.4 is 10.2 Å². The first-order valence-corrected chi connectivity index (χ1v) is 9.60. The third kappa shape index (κ3) is 3.25. The lowest BCUT2D eigenvalue weighted by Gasteiger charge is -2.26. The summed E-state index contributed by atoms with van der Waals surface area (Å²) in [5.74, 6) is -0.737. The van der Waals surface area contributed by atoms with E-state index in [1.54, 1.807) is 23.1 Å². The lowest BCUT2D eigenvalue weighted by Crippen LogP contribution is -2.44. The third-order valence-corrected chi connectivity index (χ3v) is 6.29. The van der Waals surface area contributed by atoms with Crippen molar-refractivity contribution >= 4 is 40.7 Å². The molecular formula is C18H21Cl2N3O2. The highest BCUT2D eigenvalue weighted by Crippen LogP contribution is 2.32. The van der Waals surface area contributed by atoms with Gasteiger partial charge in [0.05, 0.1) is 10.0 Å². The largest absolute Gasteiger partial charge is 0.340 e. The molecule has 134 valence electrons. The van der Waals surface area contributed by atoms with E-state index in [-0.39, 0.29) is 11.8 Å². The van der Waals surface area contributed by atoms with Gasteiger partial charge in [0.15, 0.2) is 0 Å². The van der Waals surface area contributed by atoms with Crippen LogP contribution in [0.2, 0.25) is 10.0 Å². The fourth-order valence-electron chi connectivity index (χ4n) is 4.18. The molecule has 3 aliphatic heterocycles. The van der Waals surface area contributed by atoms with Gasteiger partial charge in [0.2, 0.25) is 11.8 Å². The normalized spacial score (nSPS) is 29.2. The number of carbonyl (C=O) groups excluding carboxylic acids is 2. The monoisotopic (exact) mass is 381 g/mol. The van der Waals surface area contributed by atoms with Gasteiger partial charge in [-0.2, -0.15) is 0 Å². The molecule has 3 saturated heterocycles. The predicted molar refractivity (Wildman–Crippen MR) is 98.1 cm³/mol. The maximum atomic E-state index is 12.9. The first kappa shape index (κ1) is 17.1. The summed E-state index contributed by atoms with van der Waals surface area (Å²) in [6, 6.07) is 6.03. The van der Waals surface area contributed by atoms with Crippen molar-refractivity contribution in [3.05, 3.63) is 28.2 Å². The third-order valence-electron chi connectivity index (χ3n) is 5.55. The van der Waals surface area contributed by atoms with E-state index in [0.717, 1.165) is 19.4 Å². The maximum absolute atomic E-state index is 12.9. The molecule has 2 amide bonds. The number of carbonyl (C=O) groups is 2. The molecule has 7 heteroatoms. The second-order valence-electron chi connectivity index (χ2n) is 7.14. The van der Waals surface area contributed by atoms with Gasteiger partial charge < -0.3 is 15.1 Å².